The van der Waals surface area contributed by atoms with Crippen LogP contribution in [-0.2, 0) is 4.79 Å². The molecule has 0 fully saturated rings. The molecule has 0 aromatic rings. The molecule has 3 heteroatoms. The largest absolute Gasteiger partial charge is 0.352 e. The van der Waals surface area contributed by atoms with E-state index in [2.05, 4.69) is 19.2 Å². The molecule has 0 spiro atoms. The molecule has 0 saturated heterocycles. The van der Waals surface area contributed by atoms with Gasteiger partial charge in [0, 0.05) is 6.04 Å². The molecule has 1 N–H and O–H groups in total. The molecule has 0 aliphatic carbocycles. The maximum atomic E-state index is 11.4. The number of carbonyl (C=O) groups excluding carboxylic acids is 1. The van der Waals surface area contributed by atoms with Crippen LogP contribution in [-0.4, -0.2) is 11.9 Å². The number of rotatable bonds is 5. The molecule has 14 heavy (non-hydrogen) atoms. The van der Waals surface area contributed by atoms with Gasteiger partial charge in [-0.15, -0.1) is 0 Å². The van der Waals surface area contributed by atoms with Crippen LogP contribution in [0, 0.1) is 23.2 Å². The topological polar surface area (TPSA) is 52.9 Å². The van der Waals surface area contributed by atoms with Gasteiger partial charge in [0.2, 0.25) is 5.91 Å². The second-order valence-electron chi connectivity index (χ2n) is 3.72. The highest BCUT2D eigenvalue weighted by Gasteiger charge is 2.18. The standard InChI is InChI=1S/C11H20N2O/c1-5-10(6-2)9(4)13-11(14)8(3)7-12/h8-10H,5-6H2,1-4H3,(H,13,14). The molecule has 0 rings (SSSR count). The second-order valence-corrected chi connectivity index (χ2v) is 3.72. The van der Waals surface area contributed by atoms with Gasteiger partial charge in [0.05, 0.1) is 6.07 Å². The van der Waals surface area contributed by atoms with Crippen molar-refractivity contribution in [2.24, 2.45) is 11.8 Å². The minimum absolute atomic E-state index is 0.160. The van der Waals surface area contributed by atoms with Gasteiger partial charge in [0.15, 0.2) is 0 Å². The van der Waals surface area contributed by atoms with Crippen LogP contribution in [0.1, 0.15) is 40.5 Å². The number of carbonyl (C=O) groups is 1. The zero-order valence-electron chi connectivity index (χ0n) is 9.50. The summed E-state index contributed by atoms with van der Waals surface area (Å²) in [5, 5.41) is 11.4. The Labute approximate surface area is 86.5 Å². The Hall–Kier alpha value is -1.04. The Morgan fingerprint density at radius 1 is 1.36 bits per heavy atom. The molecule has 2 unspecified atom stereocenters. The van der Waals surface area contributed by atoms with Crippen molar-refractivity contribution in [3.05, 3.63) is 0 Å². The molecule has 0 aliphatic rings. The smallest absolute Gasteiger partial charge is 0.237 e. The van der Waals surface area contributed by atoms with Gasteiger partial charge in [0.1, 0.15) is 5.92 Å². The molecule has 3 nitrogen and oxygen atoms in total. The molecule has 0 aromatic heterocycles. The van der Waals surface area contributed by atoms with Gasteiger partial charge < -0.3 is 5.32 Å². The van der Waals surface area contributed by atoms with Crippen LogP contribution in [0.5, 0.6) is 0 Å². The molecule has 0 bridgehead atoms. The highest BCUT2D eigenvalue weighted by atomic mass is 16.1. The minimum atomic E-state index is -0.549. The number of amides is 1. The van der Waals surface area contributed by atoms with Crippen molar-refractivity contribution in [2.75, 3.05) is 0 Å². The van der Waals surface area contributed by atoms with E-state index in [1.165, 1.54) is 0 Å². The van der Waals surface area contributed by atoms with Gasteiger partial charge in [-0.1, -0.05) is 26.7 Å². The lowest BCUT2D eigenvalue weighted by molar-refractivity contribution is -0.123. The van der Waals surface area contributed by atoms with Gasteiger partial charge in [-0.05, 0) is 19.8 Å². The van der Waals surface area contributed by atoms with Crippen LogP contribution in [0.4, 0.5) is 0 Å². The zero-order valence-corrected chi connectivity index (χ0v) is 9.50. The van der Waals surface area contributed by atoms with E-state index in [1.807, 2.05) is 13.0 Å². The van der Waals surface area contributed by atoms with Gasteiger partial charge >= 0.3 is 0 Å². The molecule has 2 atom stereocenters. The van der Waals surface area contributed by atoms with Gasteiger partial charge in [-0.3, -0.25) is 4.79 Å². The Balaban J connectivity index is 4.12. The summed E-state index contributed by atoms with van der Waals surface area (Å²) in [6.07, 6.45) is 2.11. The molecule has 1 amide bonds. The molecular formula is C11H20N2O. The van der Waals surface area contributed by atoms with Gasteiger partial charge in [-0.25, -0.2) is 0 Å². The van der Waals surface area contributed by atoms with Crippen molar-refractivity contribution < 1.29 is 4.79 Å². The van der Waals surface area contributed by atoms with E-state index >= 15 is 0 Å². The third kappa shape index (κ3) is 3.78. The van der Waals surface area contributed by atoms with Crippen LogP contribution < -0.4 is 5.32 Å². The monoisotopic (exact) mass is 196 g/mol. The van der Waals surface area contributed by atoms with Crippen molar-refractivity contribution in [1.82, 2.24) is 5.32 Å². The summed E-state index contributed by atoms with van der Waals surface area (Å²) >= 11 is 0. The lowest BCUT2D eigenvalue weighted by Crippen LogP contribution is -2.40. The summed E-state index contributed by atoms with van der Waals surface area (Å²) in [6.45, 7) is 7.85. The van der Waals surface area contributed by atoms with Gasteiger partial charge in [-0.2, -0.15) is 5.26 Å². The average Bonchev–Trinajstić information content (AvgIpc) is 2.18. The number of nitrogens with one attached hydrogen (secondary N) is 1. The highest BCUT2D eigenvalue weighted by Crippen LogP contribution is 2.12. The van der Waals surface area contributed by atoms with Crippen LogP contribution in [0.3, 0.4) is 0 Å². The first-order valence-corrected chi connectivity index (χ1v) is 5.26. The number of hydrogen-bond acceptors (Lipinski definition) is 2. The first-order valence-electron chi connectivity index (χ1n) is 5.26. The first-order chi connectivity index (χ1) is 6.56. The number of nitriles is 1. The normalized spacial score (nSPS) is 14.6. The highest BCUT2D eigenvalue weighted by molar-refractivity contribution is 5.80. The summed E-state index contributed by atoms with van der Waals surface area (Å²) in [5.74, 6) is -0.205. The van der Waals surface area contributed by atoms with Gasteiger partial charge in [0.25, 0.3) is 0 Å². The Morgan fingerprint density at radius 3 is 2.21 bits per heavy atom. The lowest BCUT2D eigenvalue weighted by atomic mass is 9.95. The lowest BCUT2D eigenvalue weighted by Gasteiger charge is -2.22. The van der Waals surface area contributed by atoms with E-state index in [0.717, 1.165) is 12.8 Å². The summed E-state index contributed by atoms with van der Waals surface area (Å²) in [7, 11) is 0. The van der Waals surface area contributed by atoms with E-state index in [1.54, 1.807) is 6.92 Å². The quantitative estimate of drug-likeness (QED) is 0.732. The number of nitrogens with zero attached hydrogens (tertiary/aromatic N) is 1. The second kappa shape index (κ2) is 6.42. The molecule has 80 valence electrons. The predicted octanol–water partition coefficient (Wildman–Crippen LogP) is 2.09. The summed E-state index contributed by atoms with van der Waals surface area (Å²) in [5.41, 5.74) is 0. The fourth-order valence-electron chi connectivity index (χ4n) is 1.52. The third-order valence-electron chi connectivity index (χ3n) is 2.71. The van der Waals surface area contributed by atoms with E-state index < -0.39 is 5.92 Å². The maximum Gasteiger partial charge on any atom is 0.237 e. The van der Waals surface area contributed by atoms with E-state index in [-0.39, 0.29) is 11.9 Å². The fraction of sp³-hybridized carbons (Fsp3) is 0.818. The average molecular weight is 196 g/mol. The van der Waals surface area contributed by atoms with Crippen molar-refractivity contribution in [1.29, 1.82) is 5.26 Å². The zero-order chi connectivity index (χ0) is 11.1. The molecule has 0 aliphatic heterocycles. The summed E-state index contributed by atoms with van der Waals surface area (Å²) in [6, 6.07) is 2.09. The summed E-state index contributed by atoms with van der Waals surface area (Å²) in [4.78, 5) is 11.4. The maximum absolute atomic E-state index is 11.4. The van der Waals surface area contributed by atoms with Crippen molar-refractivity contribution >= 4 is 5.91 Å². The Kier molecular flexibility index (Phi) is 5.94. The van der Waals surface area contributed by atoms with E-state index in [9.17, 15) is 4.79 Å². The Morgan fingerprint density at radius 2 is 1.86 bits per heavy atom. The molecule has 0 aromatic carbocycles. The van der Waals surface area contributed by atoms with Crippen molar-refractivity contribution in [3.8, 4) is 6.07 Å². The Bertz CT molecular complexity index is 216. The van der Waals surface area contributed by atoms with Crippen LogP contribution in [0.25, 0.3) is 0 Å². The van der Waals surface area contributed by atoms with Crippen molar-refractivity contribution in [2.45, 2.75) is 46.6 Å². The first kappa shape index (κ1) is 13.0. The number of hydrogen-bond donors (Lipinski definition) is 1. The molecule has 0 radical (unpaired) electrons. The van der Waals surface area contributed by atoms with Crippen LogP contribution in [0.2, 0.25) is 0 Å². The minimum Gasteiger partial charge on any atom is -0.352 e. The van der Waals surface area contributed by atoms with Crippen LogP contribution in [0.15, 0.2) is 0 Å². The van der Waals surface area contributed by atoms with E-state index in [4.69, 9.17) is 5.26 Å². The summed E-state index contributed by atoms with van der Waals surface area (Å²) < 4.78 is 0. The SMILES string of the molecule is CCC(CC)C(C)NC(=O)C(C)C#N. The molecule has 0 heterocycles. The van der Waals surface area contributed by atoms with E-state index in [0.29, 0.717) is 5.92 Å². The predicted molar refractivity (Wildman–Crippen MR) is 56.5 cm³/mol. The van der Waals surface area contributed by atoms with Crippen LogP contribution >= 0.6 is 0 Å². The molecule has 0 saturated carbocycles. The fourth-order valence-corrected chi connectivity index (χ4v) is 1.52. The van der Waals surface area contributed by atoms with Crippen molar-refractivity contribution in [3.63, 3.8) is 0 Å². The molecular weight excluding hydrogens is 176 g/mol. The third-order valence-corrected chi connectivity index (χ3v) is 2.71.